The van der Waals surface area contributed by atoms with Crippen molar-refractivity contribution in [1.82, 2.24) is 23.9 Å². The molecule has 1 aliphatic heterocycles. The van der Waals surface area contributed by atoms with Crippen LogP contribution in [0.5, 0.6) is 5.75 Å². The fourth-order valence-corrected chi connectivity index (χ4v) is 6.58. The number of nitrogens with one attached hydrogen (secondary N) is 2. The molecule has 0 aliphatic carbocycles. The number of hydrogen-bond donors (Lipinski definition) is 2. The van der Waals surface area contributed by atoms with Crippen molar-refractivity contribution >= 4 is 21.5 Å². The first kappa shape index (κ1) is 26.6. The molecule has 200 valence electrons. The Morgan fingerprint density at radius 2 is 1.92 bits per heavy atom. The standard InChI is InChI=1S/C28H33N5O3S2/c1-32(24-13-16-33(19-24)18-21-6-4-3-5-7-21)38(34,35)29-15-12-26-27(22-8-10-25(36-2)11-9-22)31-28(30-26)23-14-17-37-20-23/h3-11,14,17,20,24,29H,12-13,15-16,18-19H2,1-2H3,(H,30,31)/t24-/m1/s1. The van der Waals surface area contributed by atoms with Gasteiger partial charge in [-0.3, -0.25) is 4.90 Å². The Morgan fingerprint density at radius 1 is 1.13 bits per heavy atom. The van der Waals surface area contributed by atoms with E-state index in [1.807, 2.05) is 59.3 Å². The molecular weight excluding hydrogens is 518 g/mol. The Kier molecular flexibility index (Phi) is 8.25. The van der Waals surface area contributed by atoms with Crippen LogP contribution in [0.1, 0.15) is 17.7 Å². The van der Waals surface area contributed by atoms with E-state index in [1.54, 1.807) is 25.5 Å². The maximum absolute atomic E-state index is 13.1. The first-order chi connectivity index (χ1) is 18.4. The third kappa shape index (κ3) is 6.16. The highest BCUT2D eigenvalue weighted by molar-refractivity contribution is 7.87. The van der Waals surface area contributed by atoms with Crippen LogP contribution in [0, 0.1) is 0 Å². The van der Waals surface area contributed by atoms with Gasteiger partial charge in [-0.1, -0.05) is 30.3 Å². The van der Waals surface area contributed by atoms with Crippen molar-refractivity contribution in [1.29, 1.82) is 0 Å². The molecule has 1 fully saturated rings. The lowest BCUT2D eigenvalue weighted by Crippen LogP contribution is -2.45. The van der Waals surface area contributed by atoms with E-state index in [1.165, 1.54) is 9.87 Å². The van der Waals surface area contributed by atoms with Crippen molar-refractivity contribution in [2.75, 3.05) is 33.8 Å². The SMILES string of the molecule is COc1ccc(-c2nc(-c3ccsc3)[nH]c2CCNS(=O)(=O)N(C)[C@@H]2CCN(Cc3ccccc3)C2)cc1. The largest absolute Gasteiger partial charge is 0.497 e. The van der Waals surface area contributed by atoms with Crippen molar-refractivity contribution < 1.29 is 13.2 Å². The second-order valence-corrected chi connectivity index (χ2v) is 12.1. The van der Waals surface area contributed by atoms with Crippen molar-refractivity contribution in [2.45, 2.75) is 25.4 Å². The highest BCUT2D eigenvalue weighted by Crippen LogP contribution is 2.29. The van der Waals surface area contributed by atoms with Gasteiger partial charge < -0.3 is 9.72 Å². The summed E-state index contributed by atoms with van der Waals surface area (Å²) in [6.45, 7) is 2.70. The number of nitrogens with zero attached hydrogens (tertiary/aromatic N) is 3. The Hall–Kier alpha value is -3.02. The van der Waals surface area contributed by atoms with Gasteiger partial charge in [0.1, 0.15) is 11.6 Å². The van der Waals surface area contributed by atoms with Crippen molar-refractivity contribution in [2.24, 2.45) is 0 Å². The van der Waals surface area contributed by atoms with Gasteiger partial charge in [0, 0.05) is 67.9 Å². The predicted octanol–water partition coefficient (Wildman–Crippen LogP) is 4.40. The highest BCUT2D eigenvalue weighted by Gasteiger charge is 2.32. The lowest BCUT2D eigenvalue weighted by Gasteiger charge is -2.24. The number of methoxy groups -OCH3 is 1. The number of likely N-dealkylation sites (N-methyl/N-ethyl adjacent to an activating group) is 1. The van der Waals surface area contributed by atoms with Gasteiger partial charge in [-0.2, -0.15) is 24.1 Å². The quantitative estimate of drug-likeness (QED) is 0.289. The van der Waals surface area contributed by atoms with E-state index in [2.05, 4.69) is 26.7 Å². The van der Waals surface area contributed by atoms with E-state index in [0.717, 1.165) is 60.1 Å². The summed E-state index contributed by atoms with van der Waals surface area (Å²) in [5.41, 5.74) is 4.90. The molecule has 1 atom stereocenters. The van der Waals surface area contributed by atoms with E-state index in [0.29, 0.717) is 6.42 Å². The van der Waals surface area contributed by atoms with E-state index in [-0.39, 0.29) is 12.6 Å². The van der Waals surface area contributed by atoms with Crippen molar-refractivity contribution in [3.05, 3.63) is 82.7 Å². The molecule has 0 bridgehead atoms. The van der Waals surface area contributed by atoms with Gasteiger partial charge in [0.25, 0.3) is 10.2 Å². The zero-order valence-electron chi connectivity index (χ0n) is 21.6. The minimum atomic E-state index is -3.63. The minimum absolute atomic E-state index is 0.0524. The summed E-state index contributed by atoms with van der Waals surface area (Å²) in [6.07, 6.45) is 1.30. The summed E-state index contributed by atoms with van der Waals surface area (Å²) in [7, 11) is -0.314. The summed E-state index contributed by atoms with van der Waals surface area (Å²) < 4.78 is 35.9. The number of ether oxygens (including phenoxy) is 1. The van der Waals surface area contributed by atoms with Gasteiger partial charge in [-0.05, 0) is 47.7 Å². The molecule has 38 heavy (non-hydrogen) atoms. The molecule has 5 rings (SSSR count). The predicted molar refractivity (Wildman–Crippen MR) is 152 cm³/mol. The van der Waals surface area contributed by atoms with Crippen LogP contribution in [0.15, 0.2) is 71.4 Å². The molecule has 10 heteroatoms. The summed E-state index contributed by atoms with van der Waals surface area (Å²) in [4.78, 5) is 10.6. The third-order valence-corrected chi connectivity index (χ3v) is 9.29. The molecule has 2 aromatic carbocycles. The second kappa shape index (κ2) is 11.8. The zero-order valence-corrected chi connectivity index (χ0v) is 23.3. The number of benzene rings is 2. The van der Waals surface area contributed by atoms with Gasteiger partial charge in [-0.15, -0.1) is 0 Å². The summed E-state index contributed by atoms with van der Waals surface area (Å²) >= 11 is 1.61. The number of rotatable bonds is 11. The fraction of sp³-hybridized carbons (Fsp3) is 0.321. The zero-order chi connectivity index (χ0) is 26.5. The average molecular weight is 552 g/mol. The molecule has 0 unspecified atom stereocenters. The van der Waals surface area contributed by atoms with E-state index in [9.17, 15) is 8.42 Å². The van der Waals surface area contributed by atoms with Crippen LogP contribution in [0.2, 0.25) is 0 Å². The van der Waals surface area contributed by atoms with Crippen LogP contribution < -0.4 is 9.46 Å². The van der Waals surface area contributed by atoms with Gasteiger partial charge in [0.05, 0.1) is 12.8 Å². The highest BCUT2D eigenvalue weighted by atomic mass is 32.2. The average Bonchev–Trinajstić information content (AvgIpc) is 3.70. The smallest absolute Gasteiger partial charge is 0.279 e. The summed E-state index contributed by atoms with van der Waals surface area (Å²) in [5.74, 6) is 1.55. The minimum Gasteiger partial charge on any atom is -0.497 e. The molecule has 2 aromatic heterocycles. The van der Waals surface area contributed by atoms with Crippen LogP contribution in [0.4, 0.5) is 0 Å². The van der Waals surface area contributed by atoms with Crippen LogP contribution in [0.3, 0.4) is 0 Å². The summed E-state index contributed by atoms with van der Waals surface area (Å²) in [6, 6.07) is 20.0. The number of aromatic nitrogens is 2. The maximum atomic E-state index is 13.1. The fourth-order valence-electron chi connectivity index (χ4n) is 4.81. The van der Waals surface area contributed by atoms with Crippen LogP contribution in [-0.4, -0.2) is 67.4 Å². The molecule has 0 saturated carbocycles. The van der Waals surface area contributed by atoms with E-state index < -0.39 is 10.2 Å². The number of likely N-dealkylation sites (tertiary alicyclic amines) is 1. The number of hydrogen-bond acceptors (Lipinski definition) is 6. The van der Waals surface area contributed by atoms with Crippen LogP contribution in [-0.2, 0) is 23.2 Å². The molecule has 1 saturated heterocycles. The van der Waals surface area contributed by atoms with Crippen LogP contribution >= 0.6 is 11.3 Å². The Balaban J connectivity index is 1.23. The number of aromatic amines is 1. The molecule has 2 N–H and O–H groups in total. The Bertz CT molecular complexity index is 1420. The molecule has 0 spiro atoms. The van der Waals surface area contributed by atoms with Gasteiger partial charge in [-0.25, -0.2) is 9.71 Å². The maximum Gasteiger partial charge on any atom is 0.279 e. The molecule has 3 heterocycles. The van der Waals surface area contributed by atoms with Gasteiger partial charge in [0.2, 0.25) is 0 Å². The van der Waals surface area contributed by atoms with Gasteiger partial charge >= 0.3 is 0 Å². The summed E-state index contributed by atoms with van der Waals surface area (Å²) in [5, 5.41) is 4.05. The molecule has 1 aliphatic rings. The molecular formula is C28H33N5O3S2. The molecule has 8 nitrogen and oxygen atoms in total. The molecule has 0 amide bonds. The lowest BCUT2D eigenvalue weighted by molar-refractivity contribution is 0.297. The normalized spacial score (nSPS) is 16.3. The Labute approximate surface area is 228 Å². The van der Waals surface area contributed by atoms with E-state index in [4.69, 9.17) is 9.72 Å². The lowest BCUT2D eigenvalue weighted by atomic mass is 10.1. The topological polar surface area (TPSA) is 90.6 Å². The van der Waals surface area contributed by atoms with E-state index >= 15 is 0 Å². The molecule has 4 aromatic rings. The number of H-pyrrole nitrogens is 1. The molecule has 0 radical (unpaired) electrons. The monoisotopic (exact) mass is 551 g/mol. The van der Waals surface area contributed by atoms with Crippen molar-refractivity contribution in [3.8, 4) is 28.4 Å². The van der Waals surface area contributed by atoms with Gasteiger partial charge in [0.15, 0.2) is 0 Å². The first-order valence-electron chi connectivity index (χ1n) is 12.7. The third-order valence-electron chi connectivity index (χ3n) is 6.99. The number of thiophene rings is 1. The Morgan fingerprint density at radius 3 is 2.63 bits per heavy atom. The first-order valence-corrected chi connectivity index (χ1v) is 15.1. The van der Waals surface area contributed by atoms with Crippen LogP contribution in [0.25, 0.3) is 22.6 Å². The van der Waals surface area contributed by atoms with Crippen molar-refractivity contribution in [3.63, 3.8) is 0 Å². The second-order valence-electron chi connectivity index (χ2n) is 9.48. The number of imidazole rings is 1.